The van der Waals surface area contributed by atoms with E-state index in [1.165, 1.54) is 51.1 Å². The molecule has 14 heavy (non-hydrogen) atoms. The van der Waals surface area contributed by atoms with Gasteiger partial charge in [-0.25, -0.2) is 0 Å². The monoisotopic (exact) mass is 296 g/mol. The van der Waals surface area contributed by atoms with Gasteiger partial charge < -0.3 is 0 Å². The van der Waals surface area contributed by atoms with Crippen LogP contribution in [0.5, 0.6) is 0 Å². The Kier molecular flexibility index (Phi) is 2.98. The third-order valence-corrected chi connectivity index (χ3v) is 10.0. The van der Waals surface area contributed by atoms with E-state index in [1.807, 2.05) is 23.5 Å². The molecule has 0 atom stereocenters. The van der Waals surface area contributed by atoms with Gasteiger partial charge in [0.15, 0.2) is 0 Å². The SMILES string of the molecule is O=c1sc2c(s1)SC1=C(SCCS1)S2. The molecule has 3 rings (SSSR count). The van der Waals surface area contributed by atoms with Crippen LogP contribution in [0.2, 0.25) is 0 Å². The van der Waals surface area contributed by atoms with E-state index in [0.29, 0.717) is 0 Å². The van der Waals surface area contributed by atoms with E-state index in [2.05, 4.69) is 0 Å². The van der Waals surface area contributed by atoms with Crippen molar-refractivity contribution in [2.75, 3.05) is 11.5 Å². The topological polar surface area (TPSA) is 17.1 Å². The number of hydrogen-bond donors (Lipinski definition) is 0. The van der Waals surface area contributed by atoms with E-state index in [-0.39, 0.29) is 4.06 Å². The van der Waals surface area contributed by atoms with Crippen LogP contribution in [-0.4, -0.2) is 11.5 Å². The first-order chi connectivity index (χ1) is 6.83. The quantitative estimate of drug-likeness (QED) is 0.718. The summed E-state index contributed by atoms with van der Waals surface area (Å²) in [4.78, 5) is 11.2. The van der Waals surface area contributed by atoms with Gasteiger partial charge in [-0.15, -0.1) is 23.5 Å². The number of hydrogen-bond acceptors (Lipinski definition) is 7. The minimum atomic E-state index is 0.227. The minimum absolute atomic E-state index is 0.227. The molecular weight excluding hydrogens is 292 g/mol. The molecule has 7 heteroatoms. The normalized spacial score (nSPS) is 20.6. The molecule has 2 aliphatic heterocycles. The maximum Gasteiger partial charge on any atom is 0.289 e. The van der Waals surface area contributed by atoms with Crippen LogP contribution in [0.15, 0.2) is 21.7 Å². The second kappa shape index (κ2) is 4.10. The molecule has 74 valence electrons. The smallest absolute Gasteiger partial charge is 0.265 e. The predicted octanol–water partition coefficient (Wildman–Crippen LogP) is 3.97. The third kappa shape index (κ3) is 1.82. The maximum absolute atomic E-state index is 11.2. The van der Waals surface area contributed by atoms with Crippen molar-refractivity contribution in [3.05, 3.63) is 17.3 Å². The van der Waals surface area contributed by atoms with Crippen LogP contribution in [-0.2, 0) is 0 Å². The van der Waals surface area contributed by atoms with Crippen molar-refractivity contribution >= 4 is 69.7 Å². The Hall–Kier alpha value is 0.990. The largest absolute Gasteiger partial charge is 0.289 e. The molecule has 0 radical (unpaired) electrons. The fraction of sp³-hybridized carbons (Fsp3) is 0.286. The molecule has 0 saturated heterocycles. The van der Waals surface area contributed by atoms with Crippen molar-refractivity contribution in [2.24, 2.45) is 0 Å². The van der Waals surface area contributed by atoms with Gasteiger partial charge >= 0.3 is 0 Å². The van der Waals surface area contributed by atoms with Gasteiger partial charge in [-0.3, -0.25) is 4.79 Å². The molecule has 1 aromatic heterocycles. The Bertz CT molecular complexity index is 416. The Morgan fingerprint density at radius 2 is 1.36 bits per heavy atom. The second-order valence-electron chi connectivity index (χ2n) is 2.51. The highest BCUT2D eigenvalue weighted by Gasteiger charge is 2.25. The van der Waals surface area contributed by atoms with Crippen molar-refractivity contribution in [1.29, 1.82) is 0 Å². The first-order valence-electron chi connectivity index (χ1n) is 3.82. The van der Waals surface area contributed by atoms with Gasteiger partial charge in [0.2, 0.25) is 0 Å². The maximum atomic E-state index is 11.2. The Labute approximate surface area is 106 Å². The lowest BCUT2D eigenvalue weighted by Crippen LogP contribution is -1.95. The van der Waals surface area contributed by atoms with Gasteiger partial charge in [0, 0.05) is 11.5 Å². The molecule has 0 N–H and O–H groups in total. The van der Waals surface area contributed by atoms with Crippen LogP contribution >= 0.6 is 69.7 Å². The number of thioether (sulfide) groups is 4. The molecule has 1 nitrogen and oxygen atoms in total. The fourth-order valence-corrected chi connectivity index (χ4v) is 9.76. The first kappa shape index (κ1) is 10.2. The molecule has 0 aliphatic carbocycles. The Morgan fingerprint density at radius 3 is 1.86 bits per heavy atom. The van der Waals surface area contributed by atoms with Crippen LogP contribution < -0.4 is 4.06 Å². The van der Waals surface area contributed by atoms with E-state index in [0.717, 1.165) is 0 Å². The summed E-state index contributed by atoms with van der Waals surface area (Å²) in [5, 5.41) is 0. The molecule has 1 aromatic rings. The zero-order chi connectivity index (χ0) is 9.54. The summed E-state index contributed by atoms with van der Waals surface area (Å²) in [7, 11) is 0. The van der Waals surface area contributed by atoms with Crippen molar-refractivity contribution in [1.82, 2.24) is 0 Å². The van der Waals surface area contributed by atoms with Crippen molar-refractivity contribution in [3.8, 4) is 0 Å². The highest BCUT2D eigenvalue weighted by Crippen LogP contribution is 2.58. The molecule has 2 aliphatic rings. The van der Waals surface area contributed by atoms with Crippen LogP contribution in [0.1, 0.15) is 0 Å². The Balaban J connectivity index is 2.01. The summed E-state index contributed by atoms with van der Waals surface area (Å²) in [6.07, 6.45) is 0. The molecule has 3 heterocycles. The lowest BCUT2D eigenvalue weighted by molar-refractivity contribution is 1.52. The third-order valence-electron chi connectivity index (χ3n) is 1.61. The molecule has 0 fully saturated rings. The van der Waals surface area contributed by atoms with Gasteiger partial charge in [0.05, 0.1) is 16.9 Å². The van der Waals surface area contributed by atoms with Crippen molar-refractivity contribution in [3.63, 3.8) is 0 Å². The van der Waals surface area contributed by atoms with Gasteiger partial charge in [0.25, 0.3) is 4.06 Å². The molecular formula is C7H4OS6. The fourth-order valence-electron chi connectivity index (χ4n) is 1.08. The van der Waals surface area contributed by atoms with Crippen LogP contribution in [0.4, 0.5) is 0 Å². The zero-order valence-electron chi connectivity index (χ0n) is 6.77. The first-order valence-corrected chi connectivity index (χ1v) is 9.06. The molecule has 0 unspecified atom stereocenters. The van der Waals surface area contributed by atoms with Gasteiger partial charge in [-0.1, -0.05) is 46.2 Å². The second-order valence-corrected chi connectivity index (χ2v) is 10.0. The van der Waals surface area contributed by atoms with Crippen LogP contribution in [0.3, 0.4) is 0 Å². The van der Waals surface area contributed by atoms with E-state index < -0.39 is 0 Å². The van der Waals surface area contributed by atoms with Gasteiger partial charge in [-0.05, 0) is 0 Å². The molecule has 0 bridgehead atoms. The molecule has 0 amide bonds. The minimum Gasteiger partial charge on any atom is -0.265 e. The summed E-state index contributed by atoms with van der Waals surface area (Å²) < 4.78 is 5.46. The highest BCUT2D eigenvalue weighted by molar-refractivity contribution is 8.31. The standard InChI is InChI=1S/C7H4OS6/c8-7-13-5-6(14-7)12-4-3(11-5)9-1-2-10-4/h1-2H2. The van der Waals surface area contributed by atoms with E-state index in [1.54, 1.807) is 23.5 Å². The summed E-state index contributed by atoms with van der Waals surface area (Å²) in [6.45, 7) is 0. The average Bonchev–Trinajstić information content (AvgIpc) is 2.53. The van der Waals surface area contributed by atoms with Gasteiger partial charge in [-0.2, -0.15) is 0 Å². The average molecular weight is 297 g/mol. The molecule has 0 aromatic carbocycles. The lowest BCUT2D eigenvalue weighted by atomic mass is 11.0. The van der Waals surface area contributed by atoms with Crippen molar-refractivity contribution < 1.29 is 0 Å². The van der Waals surface area contributed by atoms with Gasteiger partial charge in [0.1, 0.15) is 0 Å². The summed E-state index contributed by atoms with van der Waals surface area (Å²) in [6, 6.07) is 0. The molecule has 0 saturated carbocycles. The highest BCUT2D eigenvalue weighted by atomic mass is 32.2. The van der Waals surface area contributed by atoms with E-state index in [4.69, 9.17) is 0 Å². The number of fused-ring (bicyclic) bond motifs is 1. The van der Waals surface area contributed by atoms with Crippen LogP contribution in [0, 0.1) is 0 Å². The zero-order valence-corrected chi connectivity index (χ0v) is 11.7. The van der Waals surface area contributed by atoms with E-state index in [9.17, 15) is 4.79 Å². The Morgan fingerprint density at radius 1 is 0.857 bits per heavy atom. The van der Waals surface area contributed by atoms with Crippen LogP contribution in [0.25, 0.3) is 0 Å². The summed E-state index contributed by atoms with van der Waals surface area (Å²) >= 11 is 10.2. The lowest BCUT2D eigenvalue weighted by Gasteiger charge is -2.21. The molecule has 0 spiro atoms. The summed E-state index contributed by atoms with van der Waals surface area (Å²) in [5.74, 6) is 2.40. The summed E-state index contributed by atoms with van der Waals surface area (Å²) in [5.41, 5.74) is 0. The van der Waals surface area contributed by atoms with E-state index >= 15 is 0 Å². The van der Waals surface area contributed by atoms with Crippen molar-refractivity contribution in [2.45, 2.75) is 8.42 Å². The number of rotatable bonds is 0. The predicted molar refractivity (Wildman–Crippen MR) is 72.1 cm³/mol.